The van der Waals surface area contributed by atoms with Gasteiger partial charge in [0.2, 0.25) is 0 Å². The van der Waals surface area contributed by atoms with Crippen molar-refractivity contribution in [3.8, 4) is 11.1 Å². The van der Waals surface area contributed by atoms with Gasteiger partial charge in [-0.25, -0.2) is 8.42 Å². The SMILES string of the molecule is CS(=O)(=O)c1ccccc1-c1ccc2cc[nH]c2c1. The van der Waals surface area contributed by atoms with Gasteiger partial charge in [-0.05, 0) is 29.1 Å². The molecule has 0 amide bonds. The fourth-order valence-corrected chi connectivity index (χ4v) is 3.15. The van der Waals surface area contributed by atoms with E-state index in [0.717, 1.165) is 22.0 Å². The second kappa shape index (κ2) is 4.24. The van der Waals surface area contributed by atoms with Crippen LogP contribution in [0.1, 0.15) is 0 Å². The molecule has 0 unspecified atom stereocenters. The summed E-state index contributed by atoms with van der Waals surface area (Å²) in [6.45, 7) is 0. The predicted octanol–water partition coefficient (Wildman–Crippen LogP) is 3.24. The molecule has 0 saturated carbocycles. The fourth-order valence-electron chi connectivity index (χ4n) is 2.24. The molecule has 0 aliphatic rings. The second-order valence-corrected chi connectivity index (χ2v) is 6.53. The highest BCUT2D eigenvalue weighted by atomic mass is 32.2. The van der Waals surface area contributed by atoms with Crippen LogP contribution in [0.25, 0.3) is 22.0 Å². The molecule has 0 saturated heterocycles. The quantitative estimate of drug-likeness (QED) is 0.778. The lowest BCUT2D eigenvalue weighted by molar-refractivity contribution is 0.602. The first-order valence-corrected chi connectivity index (χ1v) is 7.81. The molecule has 0 fully saturated rings. The number of nitrogens with one attached hydrogen (secondary N) is 1. The van der Waals surface area contributed by atoms with Crippen LogP contribution >= 0.6 is 0 Å². The standard InChI is InChI=1S/C15H13NO2S/c1-19(17,18)15-5-3-2-4-13(15)12-7-6-11-8-9-16-14(11)10-12/h2-10,16H,1H3. The number of hydrogen-bond acceptors (Lipinski definition) is 2. The number of H-pyrrole nitrogens is 1. The fraction of sp³-hybridized carbons (Fsp3) is 0.0667. The predicted molar refractivity (Wildman–Crippen MR) is 76.8 cm³/mol. The van der Waals surface area contributed by atoms with Crippen molar-refractivity contribution >= 4 is 20.7 Å². The molecule has 0 radical (unpaired) electrons. The number of rotatable bonds is 2. The van der Waals surface area contributed by atoms with E-state index in [1.54, 1.807) is 12.1 Å². The Morgan fingerprint density at radius 1 is 1.00 bits per heavy atom. The highest BCUT2D eigenvalue weighted by Crippen LogP contribution is 2.29. The average Bonchev–Trinajstić information content (AvgIpc) is 2.85. The van der Waals surface area contributed by atoms with E-state index in [0.29, 0.717) is 4.90 Å². The molecule has 0 spiro atoms. The Morgan fingerprint density at radius 3 is 2.58 bits per heavy atom. The molecule has 0 aliphatic carbocycles. The van der Waals surface area contributed by atoms with Gasteiger partial charge in [0.25, 0.3) is 0 Å². The molecular weight excluding hydrogens is 258 g/mol. The Labute approximate surface area is 111 Å². The van der Waals surface area contributed by atoms with Crippen molar-refractivity contribution in [3.63, 3.8) is 0 Å². The van der Waals surface area contributed by atoms with E-state index < -0.39 is 9.84 Å². The summed E-state index contributed by atoms with van der Waals surface area (Å²) in [6.07, 6.45) is 3.11. The maximum atomic E-state index is 11.8. The van der Waals surface area contributed by atoms with Gasteiger partial charge in [-0.15, -0.1) is 0 Å². The number of aromatic amines is 1. The summed E-state index contributed by atoms with van der Waals surface area (Å²) in [4.78, 5) is 3.50. The summed E-state index contributed by atoms with van der Waals surface area (Å²) in [7, 11) is -3.23. The van der Waals surface area contributed by atoms with E-state index in [1.165, 1.54) is 6.26 Å². The largest absolute Gasteiger partial charge is 0.361 e. The topological polar surface area (TPSA) is 49.9 Å². The normalized spacial score (nSPS) is 11.8. The first-order valence-electron chi connectivity index (χ1n) is 5.92. The molecule has 0 bridgehead atoms. The third-order valence-corrected chi connectivity index (χ3v) is 4.31. The van der Waals surface area contributed by atoms with Crippen molar-refractivity contribution in [1.29, 1.82) is 0 Å². The third kappa shape index (κ3) is 2.15. The molecule has 2 aromatic carbocycles. The lowest BCUT2D eigenvalue weighted by Crippen LogP contribution is -1.99. The van der Waals surface area contributed by atoms with E-state index in [1.807, 2.05) is 42.6 Å². The van der Waals surface area contributed by atoms with Gasteiger partial charge in [-0.2, -0.15) is 0 Å². The molecule has 96 valence electrons. The zero-order valence-corrected chi connectivity index (χ0v) is 11.2. The molecule has 0 aliphatic heterocycles. The molecule has 1 N–H and O–H groups in total. The number of fused-ring (bicyclic) bond motifs is 1. The minimum absolute atomic E-state index is 0.362. The van der Waals surface area contributed by atoms with Gasteiger partial charge >= 0.3 is 0 Å². The average molecular weight is 271 g/mol. The molecule has 0 atom stereocenters. The molecule has 3 rings (SSSR count). The van der Waals surface area contributed by atoms with Gasteiger partial charge in [0.15, 0.2) is 9.84 Å². The van der Waals surface area contributed by atoms with Crippen molar-refractivity contribution in [1.82, 2.24) is 4.98 Å². The van der Waals surface area contributed by atoms with Crippen molar-refractivity contribution in [2.45, 2.75) is 4.90 Å². The van der Waals surface area contributed by atoms with Gasteiger partial charge in [-0.1, -0.05) is 30.3 Å². The van der Waals surface area contributed by atoms with Crippen molar-refractivity contribution < 1.29 is 8.42 Å². The first kappa shape index (κ1) is 12.0. The first-order chi connectivity index (χ1) is 9.05. The Kier molecular flexibility index (Phi) is 2.68. The van der Waals surface area contributed by atoms with Gasteiger partial charge in [0.05, 0.1) is 4.90 Å². The summed E-state index contributed by atoms with van der Waals surface area (Å²) < 4.78 is 23.7. The Hall–Kier alpha value is -2.07. The summed E-state index contributed by atoms with van der Waals surface area (Å²) in [5.41, 5.74) is 2.64. The maximum Gasteiger partial charge on any atom is 0.176 e. The lowest BCUT2D eigenvalue weighted by atomic mass is 10.0. The Balaban J connectivity index is 2.27. The number of aromatic nitrogens is 1. The molecule has 19 heavy (non-hydrogen) atoms. The van der Waals surface area contributed by atoms with Crippen LogP contribution in [-0.4, -0.2) is 19.7 Å². The van der Waals surface area contributed by atoms with E-state index in [4.69, 9.17) is 0 Å². The molecule has 1 aromatic heterocycles. The zero-order chi connectivity index (χ0) is 13.5. The molecule has 1 heterocycles. The van der Waals surface area contributed by atoms with Crippen LogP contribution in [0.2, 0.25) is 0 Å². The van der Waals surface area contributed by atoms with Crippen molar-refractivity contribution in [2.24, 2.45) is 0 Å². The number of sulfone groups is 1. The zero-order valence-electron chi connectivity index (χ0n) is 10.4. The van der Waals surface area contributed by atoms with Crippen LogP contribution in [-0.2, 0) is 9.84 Å². The van der Waals surface area contributed by atoms with E-state index >= 15 is 0 Å². The second-order valence-electron chi connectivity index (χ2n) is 4.55. The van der Waals surface area contributed by atoms with Crippen LogP contribution < -0.4 is 0 Å². The van der Waals surface area contributed by atoms with Gasteiger partial charge in [0.1, 0.15) is 0 Å². The smallest absolute Gasteiger partial charge is 0.176 e. The van der Waals surface area contributed by atoms with Crippen LogP contribution in [0, 0.1) is 0 Å². The third-order valence-electron chi connectivity index (χ3n) is 3.15. The number of hydrogen-bond donors (Lipinski definition) is 1. The van der Waals surface area contributed by atoms with Crippen LogP contribution in [0.4, 0.5) is 0 Å². The van der Waals surface area contributed by atoms with Crippen molar-refractivity contribution in [3.05, 3.63) is 54.7 Å². The highest BCUT2D eigenvalue weighted by molar-refractivity contribution is 7.90. The van der Waals surface area contributed by atoms with Gasteiger partial charge in [0, 0.05) is 23.5 Å². The minimum Gasteiger partial charge on any atom is -0.361 e. The minimum atomic E-state index is -3.23. The molecule has 3 nitrogen and oxygen atoms in total. The molecule has 3 aromatic rings. The van der Waals surface area contributed by atoms with Crippen LogP contribution in [0.3, 0.4) is 0 Å². The van der Waals surface area contributed by atoms with Crippen LogP contribution in [0.5, 0.6) is 0 Å². The maximum absolute atomic E-state index is 11.8. The highest BCUT2D eigenvalue weighted by Gasteiger charge is 2.14. The molecular formula is C15H13NO2S. The summed E-state index contributed by atoms with van der Waals surface area (Å²) in [5.74, 6) is 0. The summed E-state index contributed by atoms with van der Waals surface area (Å²) in [5, 5.41) is 1.11. The Morgan fingerprint density at radius 2 is 1.79 bits per heavy atom. The van der Waals surface area contributed by atoms with Gasteiger partial charge < -0.3 is 4.98 Å². The summed E-state index contributed by atoms with van der Waals surface area (Å²) >= 11 is 0. The van der Waals surface area contributed by atoms with Crippen molar-refractivity contribution in [2.75, 3.05) is 6.26 Å². The molecule has 4 heteroatoms. The summed E-state index contributed by atoms with van der Waals surface area (Å²) in [6, 6.07) is 15.0. The van der Waals surface area contributed by atoms with E-state index in [9.17, 15) is 8.42 Å². The van der Waals surface area contributed by atoms with E-state index in [2.05, 4.69) is 4.98 Å². The Bertz CT molecular complexity index is 847. The lowest BCUT2D eigenvalue weighted by Gasteiger charge is -2.08. The van der Waals surface area contributed by atoms with E-state index in [-0.39, 0.29) is 0 Å². The van der Waals surface area contributed by atoms with Crippen LogP contribution in [0.15, 0.2) is 59.6 Å². The monoisotopic (exact) mass is 271 g/mol. The number of benzene rings is 2. The van der Waals surface area contributed by atoms with Gasteiger partial charge in [-0.3, -0.25) is 0 Å².